The third-order valence-electron chi connectivity index (χ3n) is 3.13. The van der Waals surface area contributed by atoms with Crippen LogP contribution in [-0.4, -0.2) is 31.4 Å². The zero-order valence-corrected chi connectivity index (χ0v) is 13.1. The molecule has 9 heteroatoms. The molecule has 0 saturated carbocycles. The summed E-state index contributed by atoms with van der Waals surface area (Å²) in [6.07, 6.45) is 1.57. The van der Waals surface area contributed by atoms with Crippen LogP contribution in [0.1, 0.15) is 10.6 Å². The number of fused-ring (bicyclic) bond motifs is 1. The van der Waals surface area contributed by atoms with Gasteiger partial charge in [-0.15, -0.1) is 10.2 Å². The highest BCUT2D eigenvalue weighted by molar-refractivity contribution is 7.99. The first-order valence-electron chi connectivity index (χ1n) is 6.35. The summed E-state index contributed by atoms with van der Waals surface area (Å²) in [5, 5.41) is 12.4. The quantitative estimate of drug-likeness (QED) is 0.832. The van der Waals surface area contributed by atoms with Crippen LogP contribution in [0.25, 0.3) is 0 Å². The predicted molar refractivity (Wildman–Crippen MR) is 80.7 cm³/mol. The average molecular weight is 323 g/mol. The number of hydrogen-bond acceptors (Lipinski definition) is 7. The Kier molecular flexibility index (Phi) is 3.77. The molecule has 0 bridgehead atoms. The van der Waals surface area contributed by atoms with E-state index in [4.69, 9.17) is 0 Å². The van der Waals surface area contributed by atoms with E-state index >= 15 is 0 Å². The summed E-state index contributed by atoms with van der Waals surface area (Å²) in [7, 11) is 0. The average Bonchev–Trinajstić information content (AvgIpc) is 2.88. The van der Waals surface area contributed by atoms with E-state index in [1.54, 1.807) is 17.7 Å². The molecule has 1 aliphatic heterocycles. The molecule has 1 N–H and O–H groups in total. The molecule has 21 heavy (non-hydrogen) atoms. The van der Waals surface area contributed by atoms with Gasteiger partial charge in [0.1, 0.15) is 5.01 Å². The lowest BCUT2D eigenvalue weighted by atomic mass is 10.1. The van der Waals surface area contributed by atoms with E-state index in [9.17, 15) is 9.59 Å². The van der Waals surface area contributed by atoms with Crippen molar-refractivity contribution in [3.8, 4) is 0 Å². The number of hydrogen-bond donors (Lipinski definition) is 1. The minimum atomic E-state index is -0.284. The van der Waals surface area contributed by atoms with Crippen LogP contribution in [0.15, 0.2) is 16.1 Å². The van der Waals surface area contributed by atoms with Crippen LogP contribution in [0, 0.1) is 19.8 Å². The number of nitrogens with zero attached hydrogens (tertiary/aromatic N) is 4. The fraction of sp³-hybridized carbons (Fsp3) is 0.417. The van der Waals surface area contributed by atoms with Crippen LogP contribution in [0.4, 0.5) is 5.13 Å². The Labute approximate surface area is 128 Å². The van der Waals surface area contributed by atoms with E-state index in [1.165, 1.54) is 23.1 Å². The van der Waals surface area contributed by atoms with E-state index in [1.807, 2.05) is 6.92 Å². The molecule has 3 rings (SSSR count). The number of aryl methyl sites for hydroxylation is 2. The van der Waals surface area contributed by atoms with Gasteiger partial charge in [-0.3, -0.25) is 14.2 Å². The van der Waals surface area contributed by atoms with Gasteiger partial charge < -0.3 is 5.32 Å². The van der Waals surface area contributed by atoms with Gasteiger partial charge in [-0.25, -0.2) is 4.98 Å². The summed E-state index contributed by atoms with van der Waals surface area (Å²) in [5.41, 5.74) is 0.497. The van der Waals surface area contributed by atoms with Crippen LogP contribution in [-0.2, 0) is 11.3 Å². The molecule has 1 amide bonds. The minimum Gasteiger partial charge on any atom is -0.300 e. The first kappa shape index (κ1) is 14.2. The molecule has 0 aliphatic carbocycles. The fourth-order valence-corrected chi connectivity index (χ4v) is 3.66. The summed E-state index contributed by atoms with van der Waals surface area (Å²) < 4.78 is 1.57. The predicted octanol–water partition coefficient (Wildman–Crippen LogP) is 1.07. The van der Waals surface area contributed by atoms with Crippen LogP contribution >= 0.6 is 23.1 Å². The highest BCUT2D eigenvalue weighted by Crippen LogP contribution is 2.26. The lowest BCUT2D eigenvalue weighted by molar-refractivity contribution is -0.119. The minimum absolute atomic E-state index is 0.0863. The summed E-state index contributed by atoms with van der Waals surface area (Å²) >= 11 is 2.75. The molecule has 0 unspecified atom stereocenters. The van der Waals surface area contributed by atoms with E-state index in [-0.39, 0.29) is 17.4 Å². The molecule has 0 aromatic carbocycles. The van der Waals surface area contributed by atoms with Crippen LogP contribution in [0.3, 0.4) is 0 Å². The number of anilines is 1. The number of rotatable bonds is 2. The van der Waals surface area contributed by atoms with Gasteiger partial charge in [0.25, 0.3) is 5.56 Å². The van der Waals surface area contributed by atoms with Gasteiger partial charge in [-0.05, 0) is 13.8 Å². The Morgan fingerprint density at radius 3 is 2.95 bits per heavy atom. The zero-order chi connectivity index (χ0) is 15.0. The molecule has 1 atom stereocenters. The second-order valence-corrected chi connectivity index (χ2v) is 6.93. The van der Waals surface area contributed by atoms with E-state index in [0.717, 1.165) is 5.01 Å². The van der Waals surface area contributed by atoms with Crippen molar-refractivity contribution in [3.05, 3.63) is 27.1 Å². The Morgan fingerprint density at radius 2 is 2.24 bits per heavy atom. The fourth-order valence-electron chi connectivity index (χ4n) is 2.01. The van der Waals surface area contributed by atoms with Gasteiger partial charge in [0.2, 0.25) is 11.0 Å². The SMILES string of the molecule is Cc1nnc(NC(=O)[C@H]2CSc3ncc(C)c(=O)n3C2)s1. The first-order valence-corrected chi connectivity index (χ1v) is 8.15. The molecule has 0 spiro atoms. The molecular weight excluding hydrogens is 310 g/mol. The number of aromatic nitrogens is 4. The van der Waals surface area contributed by atoms with Gasteiger partial charge >= 0.3 is 0 Å². The largest absolute Gasteiger partial charge is 0.300 e. The van der Waals surface area contributed by atoms with Crippen molar-refractivity contribution in [1.82, 2.24) is 19.7 Å². The zero-order valence-electron chi connectivity index (χ0n) is 11.5. The van der Waals surface area contributed by atoms with Crippen molar-refractivity contribution >= 4 is 34.1 Å². The standard InChI is InChI=1S/C12H13N5O2S2/c1-6-3-13-12-17(10(6)19)4-8(5-20-12)9(18)14-11-16-15-7(2)21-11/h3,8H,4-5H2,1-2H3,(H,14,16,18)/t8-/m1/s1. The van der Waals surface area contributed by atoms with Crippen LogP contribution in [0.5, 0.6) is 0 Å². The van der Waals surface area contributed by atoms with Crippen LogP contribution < -0.4 is 10.9 Å². The number of nitrogens with one attached hydrogen (secondary N) is 1. The molecule has 0 fully saturated rings. The van der Waals surface area contributed by atoms with Crippen molar-refractivity contribution < 1.29 is 4.79 Å². The number of carbonyl (C=O) groups is 1. The van der Waals surface area contributed by atoms with Crippen LogP contribution in [0.2, 0.25) is 0 Å². The van der Waals surface area contributed by atoms with E-state index in [2.05, 4.69) is 20.5 Å². The van der Waals surface area contributed by atoms with Crippen molar-refractivity contribution in [2.75, 3.05) is 11.1 Å². The number of carbonyl (C=O) groups excluding carboxylic acids is 1. The second kappa shape index (κ2) is 5.57. The molecule has 0 saturated heterocycles. The number of amides is 1. The Morgan fingerprint density at radius 1 is 1.43 bits per heavy atom. The third-order valence-corrected chi connectivity index (χ3v) is 5.03. The molecule has 0 radical (unpaired) electrons. The molecular formula is C12H13N5O2S2. The van der Waals surface area contributed by atoms with Gasteiger partial charge in [0, 0.05) is 24.1 Å². The lowest BCUT2D eigenvalue weighted by Gasteiger charge is -2.23. The highest BCUT2D eigenvalue weighted by atomic mass is 32.2. The van der Waals surface area contributed by atoms with Crippen molar-refractivity contribution in [2.45, 2.75) is 25.5 Å². The van der Waals surface area contributed by atoms with Crippen molar-refractivity contribution in [3.63, 3.8) is 0 Å². The smallest absolute Gasteiger partial charge is 0.257 e. The highest BCUT2D eigenvalue weighted by Gasteiger charge is 2.27. The van der Waals surface area contributed by atoms with Crippen molar-refractivity contribution in [1.29, 1.82) is 0 Å². The van der Waals surface area contributed by atoms with E-state index in [0.29, 0.717) is 28.1 Å². The number of thioether (sulfide) groups is 1. The molecule has 1 aliphatic rings. The molecule has 110 valence electrons. The topological polar surface area (TPSA) is 89.8 Å². The van der Waals surface area contributed by atoms with Gasteiger partial charge in [-0.1, -0.05) is 23.1 Å². The second-order valence-electron chi connectivity index (χ2n) is 4.76. The summed E-state index contributed by atoms with van der Waals surface area (Å²) in [6, 6.07) is 0. The lowest BCUT2D eigenvalue weighted by Crippen LogP contribution is -2.37. The maximum absolute atomic E-state index is 12.3. The third kappa shape index (κ3) is 2.84. The van der Waals surface area contributed by atoms with Gasteiger partial charge in [-0.2, -0.15) is 0 Å². The van der Waals surface area contributed by atoms with Crippen molar-refractivity contribution in [2.24, 2.45) is 5.92 Å². The Bertz CT molecular complexity index is 754. The van der Waals surface area contributed by atoms with E-state index < -0.39 is 0 Å². The summed E-state index contributed by atoms with van der Waals surface area (Å²) in [4.78, 5) is 28.6. The molecule has 3 heterocycles. The summed E-state index contributed by atoms with van der Waals surface area (Å²) in [6.45, 7) is 3.90. The monoisotopic (exact) mass is 323 g/mol. The first-order chi connectivity index (χ1) is 10.0. The molecule has 2 aromatic rings. The Balaban J connectivity index is 1.78. The molecule has 2 aromatic heterocycles. The normalized spacial score (nSPS) is 17.3. The Hall–Kier alpha value is -1.74. The van der Waals surface area contributed by atoms with Gasteiger partial charge in [0.15, 0.2) is 5.16 Å². The maximum Gasteiger partial charge on any atom is 0.257 e. The molecule has 7 nitrogen and oxygen atoms in total. The summed E-state index contributed by atoms with van der Waals surface area (Å²) in [5.74, 6) is 0.171. The maximum atomic E-state index is 12.3. The van der Waals surface area contributed by atoms with Gasteiger partial charge in [0.05, 0.1) is 5.92 Å².